The Morgan fingerprint density at radius 2 is 1.86 bits per heavy atom. The summed E-state index contributed by atoms with van der Waals surface area (Å²) in [6.07, 6.45) is 6.41. The summed E-state index contributed by atoms with van der Waals surface area (Å²) in [5.41, 5.74) is 2.34. The van der Waals surface area contributed by atoms with Gasteiger partial charge in [-0.15, -0.1) is 0 Å². The number of imide groups is 1. The summed E-state index contributed by atoms with van der Waals surface area (Å²) in [7, 11) is 0. The SMILES string of the molecule is Cc1cc(C(=O)N2CCCC(C)C2)ccc1NCC(=O)NC(=O)NC1CCCC1. The van der Waals surface area contributed by atoms with E-state index in [-0.39, 0.29) is 24.4 Å². The fraction of sp³-hybridized carbons (Fsp3) is 0.591. The highest BCUT2D eigenvalue weighted by Gasteiger charge is 2.22. The number of aryl methyl sites for hydroxylation is 1. The number of amides is 4. The maximum Gasteiger partial charge on any atom is 0.321 e. The van der Waals surface area contributed by atoms with Crippen molar-refractivity contribution in [2.24, 2.45) is 5.92 Å². The predicted molar refractivity (Wildman–Crippen MR) is 113 cm³/mol. The van der Waals surface area contributed by atoms with Gasteiger partial charge in [-0.1, -0.05) is 19.8 Å². The molecule has 0 spiro atoms. The van der Waals surface area contributed by atoms with E-state index < -0.39 is 6.03 Å². The second-order valence-corrected chi connectivity index (χ2v) is 8.38. The van der Waals surface area contributed by atoms with Crippen molar-refractivity contribution in [3.8, 4) is 0 Å². The van der Waals surface area contributed by atoms with E-state index in [0.717, 1.165) is 56.4 Å². The monoisotopic (exact) mass is 400 g/mol. The number of likely N-dealkylation sites (tertiary alicyclic amines) is 1. The van der Waals surface area contributed by atoms with Crippen LogP contribution in [0.5, 0.6) is 0 Å². The van der Waals surface area contributed by atoms with Crippen LogP contribution in [-0.4, -0.2) is 48.4 Å². The Morgan fingerprint density at radius 3 is 2.55 bits per heavy atom. The van der Waals surface area contributed by atoms with Gasteiger partial charge in [0.15, 0.2) is 0 Å². The standard InChI is InChI=1S/C22H32N4O3/c1-15-6-5-11-26(14-15)21(28)17-9-10-19(16(2)12-17)23-13-20(27)25-22(29)24-18-7-3-4-8-18/h9-10,12,15,18,23H,3-8,11,13-14H2,1-2H3,(H2,24,25,27,29). The van der Waals surface area contributed by atoms with Crippen LogP contribution in [0.1, 0.15) is 61.4 Å². The number of hydrogen-bond acceptors (Lipinski definition) is 4. The summed E-state index contributed by atoms with van der Waals surface area (Å²) < 4.78 is 0. The average Bonchev–Trinajstić information content (AvgIpc) is 3.19. The minimum Gasteiger partial charge on any atom is -0.376 e. The van der Waals surface area contributed by atoms with E-state index in [4.69, 9.17) is 0 Å². The number of anilines is 1. The Labute approximate surface area is 172 Å². The highest BCUT2D eigenvalue weighted by Crippen LogP contribution is 2.21. The van der Waals surface area contributed by atoms with Gasteiger partial charge >= 0.3 is 6.03 Å². The largest absolute Gasteiger partial charge is 0.376 e. The summed E-state index contributed by atoms with van der Waals surface area (Å²) >= 11 is 0. The lowest BCUT2D eigenvalue weighted by molar-refractivity contribution is -0.118. The zero-order valence-electron chi connectivity index (χ0n) is 17.4. The van der Waals surface area contributed by atoms with Crippen molar-refractivity contribution >= 4 is 23.5 Å². The summed E-state index contributed by atoms with van der Waals surface area (Å²) in [4.78, 5) is 38.6. The zero-order chi connectivity index (χ0) is 20.8. The molecule has 2 fully saturated rings. The van der Waals surface area contributed by atoms with Gasteiger partial charge in [-0.2, -0.15) is 0 Å². The lowest BCUT2D eigenvalue weighted by Gasteiger charge is -2.31. The van der Waals surface area contributed by atoms with Crippen LogP contribution in [0.4, 0.5) is 10.5 Å². The van der Waals surface area contributed by atoms with E-state index in [1.165, 1.54) is 6.42 Å². The molecule has 158 valence electrons. The first-order chi connectivity index (χ1) is 13.9. The Hall–Kier alpha value is -2.57. The molecule has 1 aromatic rings. The van der Waals surface area contributed by atoms with Crippen LogP contribution >= 0.6 is 0 Å². The molecule has 3 rings (SSSR count). The molecule has 0 aromatic heterocycles. The molecule has 1 aliphatic carbocycles. The van der Waals surface area contributed by atoms with E-state index in [0.29, 0.717) is 11.5 Å². The molecule has 7 heteroatoms. The lowest BCUT2D eigenvalue weighted by atomic mass is 9.99. The molecule has 1 unspecified atom stereocenters. The van der Waals surface area contributed by atoms with Gasteiger partial charge in [-0.05, 0) is 62.3 Å². The molecular weight excluding hydrogens is 368 g/mol. The molecule has 0 radical (unpaired) electrons. The van der Waals surface area contributed by atoms with Crippen molar-refractivity contribution < 1.29 is 14.4 Å². The predicted octanol–water partition coefficient (Wildman–Crippen LogP) is 3.05. The number of hydrogen-bond donors (Lipinski definition) is 3. The minimum absolute atomic E-state index is 0.00411. The van der Waals surface area contributed by atoms with Gasteiger partial charge in [-0.3, -0.25) is 14.9 Å². The molecule has 29 heavy (non-hydrogen) atoms. The topological polar surface area (TPSA) is 90.5 Å². The van der Waals surface area contributed by atoms with Gasteiger partial charge in [0.25, 0.3) is 5.91 Å². The second kappa shape index (κ2) is 9.76. The summed E-state index contributed by atoms with van der Waals surface area (Å²) in [6, 6.07) is 5.21. The second-order valence-electron chi connectivity index (χ2n) is 8.38. The summed E-state index contributed by atoms with van der Waals surface area (Å²) in [5.74, 6) is 0.217. The third-order valence-corrected chi connectivity index (χ3v) is 5.80. The van der Waals surface area contributed by atoms with Crippen molar-refractivity contribution in [1.29, 1.82) is 0 Å². The summed E-state index contributed by atoms with van der Waals surface area (Å²) in [5, 5.41) is 8.24. The maximum absolute atomic E-state index is 12.7. The number of benzene rings is 1. The Kier molecular flexibility index (Phi) is 7.12. The van der Waals surface area contributed by atoms with Crippen LogP contribution < -0.4 is 16.0 Å². The highest BCUT2D eigenvalue weighted by atomic mass is 16.2. The number of nitrogens with zero attached hydrogens (tertiary/aromatic N) is 1. The maximum atomic E-state index is 12.7. The van der Waals surface area contributed by atoms with Crippen molar-refractivity contribution in [1.82, 2.24) is 15.5 Å². The molecule has 1 heterocycles. The van der Waals surface area contributed by atoms with Crippen LogP contribution in [-0.2, 0) is 4.79 Å². The van der Waals surface area contributed by atoms with E-state index in [1.807, 2.05) is 24.0 Å². The van der Waals surface area contributed by atoms with Crippen molar-refractivity contribution in [3.63, 3.8) is 0 Å². The third-order valence-electron chi connectivity index (χ3n) is 5.80. The Balaban J connectivity index is 1.49. The zero-order valence-corrected chi connectivity index (χ0v) is 17.4. The average molecular weight is 401 g/mol. The molecule has 1 atom stereocenters. The van der Waals surface area contributed by atoms with Gasteiger partial charge in [0, 0.05) is 30.4 Å². The minimum atomic E-state index is -0.433. The quantitative estimate of drug-likeness (QED) is 0.709. The fourth-order valence-corrected chi connectivity index (χ4v) is 4.19. The molecule has 1 saturated heterocycles. The van der Waals surface area contributed by atoms with E-state index in [2.05, 4.69) is 22.9 Å². The van der Waals surface area contributed by atoms with Gasteiger partial charge in [0.05, 0.1) is 6.54 Å². The first kappa shape index (κ1) is 21.1. The smallest absolute Gasteiger partial charge is 0.321 e. The van der Waals surface area contributed by atoms with E-state index in [1.54, 1.807) is 6.07 Å². The molecular formula is C22H32N4O3. The van der Waals surface area contributed by atoms with Crippen LogP contribution in [0.15, 0.2) is 18.2 Å². The Bertz CT molecular complexity index is 758. The number of carbonyl (C=O) groups is 3. The normalized spacial score (nSPS) is 19.7. The number of carbonyl (C=O) groups excluding carboxylic acids is 3. The van der Waals surface area contributed by atoms with Gasteiger partial charge < -0.3 is 15.5 Å². The molecule has 1 aromatic carbocycles. The summed E-state index contributed by atoms with van der Waals surface area (Å²) in [6.45, 7) is 5.70. The van der Waals surface area contributed by atoms with Crippen molar-refractivity contribution in [3.05, 3.63) is 29.3 Å². The van der Waals surface area contributed by atoms with Crippen molar-refractivity contribution in [2.75, 3.05) is 25.0 Å². The number of piperidine rings is 1. The molecule has 0 bridgehead atoms. The molecule has 3 N–H and O–H groups in total. The first-order valence-corrected chi connectivity index (χ1v) is 10.7. The van der Waals surface area contributed by atoms with Gasteiger partial charge in [0.2, 0.25) is 5.91 Å². The number of rotatable bonds is 5. The first-order valence-electron chi connectivity index (χ1n) is 10.7. The molecule has 4 amide bonds. The van der Waals surface area contributed by atoms with E-state index >= 15 is 0 Å². The number of urea groups is 1. The van der Waals surface area contributed by atoms with Crippen LogP contribution in [0, 0.1) is 12.8 Å². The van der Waals surface area contributed by atoms with Crippen molar-refractivity contribution in [2.45, 2.75) is 58.4 Å². The van der Waals surface area contributed by atoms with Crippen LogP contribution in [0.3, 0.4) is 0 Å². The highest BCUT2D eigenvalue weighted by molar-refractivity contribution is 5.97. The molecule has 1 aliphatic heterocycles. The third kappa shape index (κ3) is 5.95. The number of nitrogens with one attached hydrogen (secondary N) is 3. The van der Waals surface area contributed by atoms with Gasteiger partial charge in [-0.25, -0.2) is 4.79 Å². The molecule has 2 aliphatic rings. The van der Waals surface area contributed by atoms with E-state index in [9.17, 15) is 14.4 Å². The Morgan fingerprint density at radius 1 is 1.10 bits per heavy atom. The molecule has 1 saturated carbocycles. The van der Waals surface area contributed by atoms with Gasteiger partial charge in [0.1, 0.15) is 0 Å². The van der Waals surface area contributed by atoms with Crippen LogP contribution in [0.25, 0.3) is 0 Å². The fourth-order valence-electron chi connectivity index (χ4n) is 4.19. The molecule has 7 nitrogen and oxygen atoms in total. The van der Waals surface area contributed by atoms with Crippen LogP contribution in [0.2, 0.25) is 0 Å². The lowest BCUT2D eigenvalue weighted by Crippen LogP contribution is -2.45.